The van der Waals surface area contributed by atoms with E-state index in [0.29, 0.717) is 54.1 Å². The molecular formula is C26H45NO4. The van der Waals surface area contributed by atoms with Crippen LogP contribution in [0.1, 0.15) is 85.5 Å². The molecule has 31 heavy (non-hydrogen) atoms. The molecule has 4 unspecified atom stereocenters. The second-order valence-electron chi connectivity index (χ2n) is 11.9. The van der Waals surface area contributed by atoms with E-state index in [9.17, 15) is 15.0 Å². The summed E-state index contributed by atoms with van der Waals surface area (Å²) in [5.41, 5.74) is 0.584. The SMILES string of the molecule is CCOC(=O)NCCC(C)[C@H]1CCC2C3C(CC[C@@]21C)[C@@]1(C)CC[C@@H](O)C[C@H]1C[C@H]3O. The van der Waals surface area contributed by atoms with Crippen LogP contribution >= 0.6 is 0 Å². The van der Waals surface area contributed by atoms with Crippen molar-refractivity contribution in [3.8, 4) is 0 Å². The molecule has 4 fully saturated rings. The summed E-state index contributed by atoms with van der Waals surface area (Å²) in [7, 11) is 0. The van der Waals surface area contributed by atoms with Crippen molar-refractivity contribution in [3.05, 3.63) is 0 Å². The van der Waals surface area contributed by atoms with E-state index in [1.807, 2.05) is 6.92 Å². The Balaban J connectivity index is 1.45. The van der Waals surface area contributed by atoms with Crippen LogP contribution in [0, 0.1) is 46.3 Å². The molecule has 5 nitrogen and oxygen atoms in total. The number of ether oxygens (including phenoxy) is 1. The smallest absolute Gasteiger partial charge is 0.407 e. The van der Waals surface area contributed by atoms with Crippen molar-refractivity contribution in [2.45, 2.75) is 97.7 Å². The summed E-state index contributed by atoms with van der Waals surface area (Å²) in [6, 6.07) is 0. The molecule has 0 aromatic heterocycles. The zero-order chi connectivity index (χ0) is 22.4. The monoisotopic (exact) mass is 435 g/mol. The number of hydrogen-bond donors (Lipinski definition) is 3. The molecule has 1 amide bonds. The summed E-state index contributed by atoms with van der Waals surface area (Å²) >= 11 is 0. The molecule has 0 bridgehead atoms. The van der Waals surface area contributed by atoms with Gasteiger partial charge in [-0.15, -0.1) is 0 Å². The molecule has 0 heterocycles. The van der Waals surface area contributed by atoms with Crippen LogP contribution in [0.15, 0.2) is 0 Å². The number of hydrogen-bond acceptors (Lipinski definition) is 4. The highest BCUT2D eigenvalue weighted by molar-refractivity contribution is 5.66. The predicted molar refractivity (Wildman–Crippen MR) is 121 cm³/mol. The summed E-state index contributed by atoms with van der Waals surface area (Å²) in [4.78, 5) is 11.6. The molecule has 0 aliphatic heterocycles. The van der Waals surface area contributed by atoms with Gasteiger partial charge < -0.3 is 20.3 Å². The van der Waals surface area contributed by atoms with Crippen molar-refractivity contribution in [2.24, 2.45) is 46.3 Å². The Morgan fingerprint density at radius 3 is 2.52 bits per heavy atom. The first kappa shape index (κ1) is 23.4. The van der Waals surface area contributed by atoms with Crippen molar-refractivity contribution in [3.63, 3.8) is 0 Å². The van der Waals surface area contributed by atoms with Crippen LogP contribution in [-0.2, 0) is 4.74 Å². The Morgan fingerprint density at radius 1 is 1.06 bits per heavy atom. The largest absolute Gasteiger partial charge is 0.450 e. The van der Waals surface area contributed by atoms with Crippen LogP contribution in [0.2, 0.25) is 0 Å². The number of aliphatic hydroxyl groups excluding tert-OH is 2. The summed E-state index contributed by atoms with van der Waals surface area (Å²) < 4.78 is 4.99. The third-order valence-corrected chi connectivity index (χ3v) is 10.6. The number of rotatable bonds is 5. The van der Waals surface area contributed by atoms with Crippen LogP contribution in [0.3, 0.4) is 0 Å². The first-order valence-corrected chi connectivity index (χ1v) is 13.0. The fourth-order valence-corrected chi connectivity index (χ4v) is 8.96. The topological polar surface area (TPSA) is 78.8 Å². The molecule has 4 rings (SSSR count). The average molecular weight is 436 g/mol. The van der Waals surface area contributed by atoms with Gasteiger partial charge in [0.1, 0.15) is 0 Å². The molecule has 0 saturated heterocycles. The van der Waals surface area contributed by atoms with Crippen LogP contribution < -0.4 is 5.32 Å². The highest BCUT2D eigenvalue weighted by atomic mass is 16.5. The third kappa shape index (κ3) is 4.03. The van der Waals surface area contributed by atoms with Gasteiger partial charge in [0.2, 0.25) is 0 Å². The predicted octanol–water partition coefficient (Wildman–Crippen LogP) is 4.75. The molecule has 4 aliphatic rings. The summed E-state index contributed by atoms with van der Waals surface area (Å²) in [5, 5.41) is 24.5. The van der Waals surface area contributed by atoms with Gasteiger partial charge in [0.15, 0.2) is 0 Å². The maximum atomic E-state index is 11.6. The molecule has 0 aromatic carbocycles. The lowest BCUT2D eigenvalue weighted by atomic mass is 9.43. The molecule has 4 aliphatic carbocycles. The van der Waals surface area contributed by atoms with E-state index >= 15 is 0 Å². The maximum absolute atomic E-state index is 11.6. The van der Waals surface area contributed by atoms with E-state index in [4.69, 9.17) is 4.74 Å². The molecular weight excluding hydrogens is 390 g/mol. The van der Waals surface area contributed by atoms with E-state index in [1.54, 1.807) is 0 Å². The average Bonchev–Trinajstić information content (AvgIpc) is 3.06. The zero-order valence-corrected chi connectivity index (χ0v) is 20.1. The van der Waals surface area contributed by atoms with Gasteiger partial charge in [0.05, 0.1) is 18.8 Å². The van der Waals surface area contributed by atoms with Crippen LogP contribution in [-0.4, -0.2) is 41.7 Å². The first-order chi connectivity index (χ1) is 14.7. The number of alkyl carbamates (subject to hydrolysis) is 1. The van der Waals surface area contributed by atoms with Gasteiger partial charge >= 0.3 is 6.09 Å². The molecule has 0 spiro atoms. The fraction of sp³-hybridized carbons (Fsp3) is 0.962. The van der Waals surface area contributed by atoms with Crippen LogP contribution in [0.4, 0.5) is 4.79 Å². The summed E-state index contributed by atoms with van der Waals surface area (Å²) in [6.45, 7) is 10.3. The van der Waals surface area contributed by atoms with Gasteiger partial charge in [-0.3, -0.25) is 0 Å². The van der Waals surface area contributed by atoms with E-state index < -0.39 is 0 Å². The lowest BCUT2D eigenvalue weighted by Crippen LogP contribution is -2.58. The van der Waals surface area contributed by atoms with E-state index in [-0.39, 0.29) is 23.7 Å². The van der Waals surface area contributed by atoms with Crippen molar-refractivity contribution in [1.29, 1.82) is 0 Å². The van der Waals surface area contributed by atoms with Gasteiger partial charge in [-0.05, 0) is 111 Å². The Labute approximate surface area is 188 Å². The second-order valence-corrected chi connectivity index (χ2v) is 11.9. The molecule has 4 saturated carbocycles. The minimum atomic E-state index is -0.309. The molecule has 0 radical (unpaired) electrons. The number of amides is 1. The molecule has 5 heteroatoms. The van der Waals surface area contributed by atoms with Gasteiger partial charge in [-0.1, -0.05) is 20.8 Å². The molecule has 0 aromatic rings. The number of aliphatic hydroxyl groups is 2. The van der Waals surface area contributed by atoms with E-state index in [0.717, 1.165) is 32.1 Å². The third-order valence-electron chi connectivity index (χ3n) is 10.6. The van der Waals surface area contributed by atoms with Gasteiger partial charge in [0.25, 0.3) is 0 Å². The number of fused-ring (bicyclic) bond motifs is 5. The lowest BCUT2D eigenvalue weighted by Gasteiger charge is -2.62. The highest BCUT2D eigenvalue weighted by Gasteiger charge is 2.62. The Hall–Kier alpha value is -0.810. The minimum absolute atomic E-state index is 0.171. The fourth-order valence-electron chi connectivity index (χ4n) is 8.96. The maximum Gasteiger partial charge on any atom is 0.407 e. The van der Waals surface area contributed by atoms with Crippen LogP contribution in [0.25, 0.3) is 0 Å². The first-order valence-electron chi connectivity index (χ1n) is 13.0. The van der Waals surface area contributed by atoms with Crippen molar-refractivity contribution >= 4 is 6.09 Å². The Kier molecular flexibility index (Phi) is 6.67. The Bertz CT molecular complexity index is 655. The minimum Gasteiger partial charge on any atom is -0.450 e. The van der Waals surface area contributed by atoms with Crippen molar-refractivity contribution in [2.75, 3.05) is 13.2 Å². The number of carbonyl (C=O) groups excluding carboxylic acids is 1. The second kappa shape index (κ2) is 8.85. The normalized spacial score (nSPS) is 47.6. The van der Waals surface area contributed by atoms with Gasteiger partial charge in [0, 0.05) is 6.54 Å². The van der Waals surface area contributed by atoms with Crippen molar-refractivity contribution in [1.82, 2.24) is 5.32 Å². The summed E-state index contributed by atoms with van der Waals surface area (Å²) in [6.07, 6.45) is 9.08. The lowest BCUT2D eigenvalue weighted by molar-refractivity contribution is -0.174. The summed E-state index contributed by atoms with van der Waals surface area (Å²) in [5.74, 6) is 3.32. The van der Waals surface area contributed by atoms with Crippen molar-refractivity contribution < 1.29 is 19.7 Å². The number of carbonyl (C=O) groups is 1. The van der Waals surface area contributed by atoms with Gasteiger partial charge in [-0.2, -0.15) is 0 Å². The highest BCUT2D eigenvalue weighted by Crippen LogP contribution is 2.68. The van der Waals surface area contributed by atoms with E-state index in [2.05, 4.69) is 26.1 Å². The Morgan fingerprint density at radius 2 is 1.77 bits per heavy atom. The van der Waals surface area contributed by atoms with E-state index in [1.165, 1.54) is 25.7 Å². The molecule has 178 valence electrons. The zero-order valence-electron chi connectivity index (χ0n) is 20.1. The molecule has 10 atom stereocenters. The standard InChI is InChI=1S/C26H45NO4/c1-5-31-24(30)27-13-10-16(2)19-6-7-20-23-21(9-12-26(19,20)4)25(3)11-8-18(28)14-17(25)15-22(23)29/h16-23,28-29H,5-15H2,1-4H3,(H,27,30)/t16?,17-,18+,19+,20?,21?,22+,23?,25-,26+/m0/s1. The number of nitrogens with one attached hydrogen (secondary N) is 1. The molecule has 3 N–H and O–H groups in total. The quantitative estimate of drug-likeness (QED) is 0.582. The van der Waals surface area contributed by atoms with Crippen LogP contribution in [0.5, 0.6) is 0 Å². The van der Waals surface area contributed by atoms with Gasteiger partial charge in [-0.25, -0.2) is 4.79 Å².